The van der Waals surface area contributed by atoms with Gasteiger partial charge in [0.15, 0.2) is 0 Å². The molecule has 0 saturated carbocycles. The highest BCUT2D eigenvalue weighted by atomic mass is 35.5. The maximum Gasteiger partial charge on any atom is 0.255 e. The van der Waals surface area contributed by atoms with Gasteiger partial charge in [-0.25, -0.2) is 0 Å². The highest BCUT2D eigenvalue weighted by Gasteiger charge is 2.14. The molecule has 0 saturated heterocycles. The number of carbonyl (C=O) groups excluding carboxylic acids is 2. The van der Waals surface area contributed by atoms with E-state index in [9.17, 15) is 9.59 Å². The number of para-hydroxylation sites is 1. The van der Waals surface area contributed by atoms with Gasteiger partial charge in [-0.1, -0.05) is 30.3 Å². The average Bonchev–Trinajstić information content (AvgIpc) is 2.53. The first-order chi connectivity index (χ1) is 11.0. The first-order valence-electron chi connectivity index (χ1n) is 6.78. The quantitative estimate of drug-likeness (QED) is 0.735. The minimum atomic E-state index is -0.424. The van der Waals surface area contributed by atoms with Crippen molar-refractivity contribution in [1.29, 1.82) is 0 Å². The zero-order chi connectivity index (χ0) is 16.8. The zero-order valence-corrected chi connectivity index (χ0v) is 12.9. The monoisotopic (exact) mass is 330 g/mol. The molecule has 118 valence electrons. The van der Waals surface area contributed by atoms with Gasteiger partial charge in [-0.2, -0.15) is 0 Å². The van der Waals surface area contributed by atoms with Crippen LogP contribution in [0, 0.1) is 0 Å². The van der Waals surface area contributed by atoms with Gasteiger partial charge in [0.05, 0.1) is 17.8 Å². The molecule has 5 nitrogen and oxygen atoms in total. The van der Waals surface area contributed by atoms with E-state index >= 15 is 0 Å². The summed E-state index contributed by atoms with van der Waals surface area (Å²) >= 11 is 5.79. The Kier molecular flexibility index (Phi) is 5.38. The van der Waals surface area contributed by atoms with E-state index in [-0.39, 0.29) is 23.8 Å². The van der Waals surface area contributed by atoms with Crippen LogP contribution in [0.15, 0.2) is 60.9 Å². The Labute approximate surface area is 138 Å². The van der Waals surface area contributed by atoms with Crippen molar-refractivity contribution < 1.29 is 14.7 Å². The van der Waals surface area contributed by atoms with Gasteiger partial charge in [0, 0.05) is 10.6 Å². The summed E-state index contributed by atoms with van der Waals surface area (Å²) < 4.78 is 0. The predicted molar refractivity (Wildman–Crippen MR) is 89.9 cm³/mol. The number of halogens is 1. The Balaban J connectivity index is 2.16. The van der Waals surface area contributed by atoms with Crippen molar-refractivity contribution >= 4 is 29.1 Å². The molecule has 0 radical (unpaired) electrons. The number of hydrogen-bond donors (Lipinski definition) is 3. The molecule has 0 heterocycles. The molecule has 3 N–H and O–H groups in total. The lowest BCUT2D eigenvalue weighted by Gasteiger charge is -2.11. The molecule has 2 aromatic carbocycles. The van der Waals surface area contributed by atoms with Crippen LogP contribution in [-0.4, -0.2) is 23.5 Å². The highest BCUT2D eigenvalue weighted by molar-refractivity contribution is 6.30. The molecule has 0 bridgehead atoms. The van der Waals surface area contributed by atoms with E-state index in [4.69, 9.17) is 16.7 Å². The van der Waals surface area contributed by atoms with Crippen LogP contribution in [-0.2, 0) is 0 Å². The number of anilines is 1. The number of amides is 2. The van der Waals surface area contributed by atoms with Crippen LogP contribution in [0.1, 0.15) is 20.7 Å². The normalized spacial score (nSPS) is 9.96. The largest absolute Gasteiger partial charge is 0.511 e. The first-order valence-corrected chi connectivity index (χ1v) is 7.16. The van der Waals surface area contributed by atoms with E-state index in [0.717, 1.165) is 0 Å². The lowest BCUT2D eigenvalue weighted by Crippen LogP contribution is -2.26. The summed E-state index contributed by atoms with van der Waals surface area (Å²) in [7, 11) is 0. The fourth-order valence-electron chi connectivity index (χ4n) is 1.86. The van der Waals surface area contributed by atoms with Crippen molar-refractivity contribution in [3.63, 3.8) is 0 Å². The van der Waals surface area contributed by atoms with E-state index in [1.54, 1.807) is 48.5 Å². The van der Waals surface area contributed by atoms with Crippen molar-refractivity contribution in [3.8, 4) is 0 Å². The molecule has 6 heteroatoms. The lowest BCUT2D eigenvalue weighted by atomic mass is 10.1. The molecule has 0 aliphatic heterocycles. The van der Waals surface area contributed by atoms with E-state index in [0.29, 0.717) is 16.3 Å². The molecule has 0 atom stereocenters. The van der Waals surface area contributed by atoms with Gasteiger partial charge in [-0.15, -0.1) is 0 Å². The van der Waals surface area contributed by atoms with Crippen molar-refractivity contribution in [1.82, 2.24) is 5.32 Å². The molecular weight excluding hydrogens is 316 g/mol. The number of hydrogen-bond acceptors (Lipinski definition) is 3. The third-order valence-corrected chi connectivity index (χ3v) is 3.23. The molecule has 0 fully saturated rings. The van der Waals surface area contributed by atoms with E-state index in [1.807, 2.05) is 0 Å². The summed E-state index contributed by atoms with van der Waals surface area (Å²) in [4.78, 5) is 24.3. The van der Waals surface area contributed by atoms with Gasteiger partial charge in [0.1, 0.15) is 5.76 Å². The van der Waals surface area contributed by atoms with Crippen LogP contribution in [0.5, 0.6) is 0 Å². The summed E-state index contributed by atoms with van der Waals surface area (Å²) in [6.45, 7) is 3.24. The number of aliphatic hydroxyl groups excluding tert-OH is 1. The van der Waals surface area contributed by atoms with Gasteiger partial charge < -0.3 is 15.7 Å². The number of carbonyl (C=O) groups is 2. The van der Waals surface area contributed by atoms with Crippen LogP contribution in [0.3, 0.4) is 0 Å². The Morgan fingerprint density at radius 1 is 1.04 bits per heavy atom. The van der Waals surface area contributed by atoms with Crippen LogP contribution >= 0.6 is 11.6 Å². The number of aliphatic hydroxyl groups is 1. The minimum absolute atomic E-state index is 0.0572. The molecular formula is C17H15ClN2O3. The average molecular weight is 331 g/mol. The first kappa shape index (κ1) is 16.6. The van der Waals surface area contributed by atoms with E-state index in [1.165, 1.54) is 0 Å². The summed E-state index contributed by atoms with van der Waals surface area (Å²) in [5, 5.41) is 14.8. The second-order valence-electron chi connectivity index (χ2n) is 4.76. The number of benzene rings is 2. The fraction of sp³-hybridized carbons (Fsp3) is 0.0588. The topological polar surface area (TPSA) is 78.4 Å². The van der Waals surface area contributed by atoms with Crippen molar-refractivity contribution in [3.05, 3.63) is 77.0 Å². The Morgan fingerprint density at radius 2 is 1.70 bits per heavy atom. The standard InChI is InChI=1S/C17H15ClN2O3/c1-11(21)10-19-17(23)14-4-2-3-5-15(14)20-16(22)12-6-8-13(18)9-7-12/h2-9,21H,1,10H2,(H,19,23)(H,20,22). The molecule has 0 aliphatic carbocycles. The van der Waals surface area contributed by atoms with Gasteiger partial charge in [0.2, 0.25) is 0 Å². The molecule has 2 amide bonds. The highest BCUT2D eigenvalue weighted by Crippen LogP contribution is 2.17. The summed E-state index contributed by atoms with van der Waals surface area (Å²) in [5.74, 6) is -0.929. The second-order valence-corrected chi connectivity index (χ2v) is 5.19. The van der Waals surface area contributed by atoms with E-state index in [2.05, 4.69) is 17.2 Å². The van der Waals surface area contributed by atoms with Crippen LogP contribution in [0.2, 0.25) is 5.02 Å². The lowest BCUT2D eigenvalue weighted by molar-refractivity contribution is 0.0953. The molecule has 0 aliphatic rings. The van der Waals surface area contributed by atoms with E-state index < -0.39 is 5.91 Å². The molecule has 2 aromatic rings. The van der Waals surface area contributed by atoms with Crippen LogP contribution in [0.25, 0.3) is 0 Å². The fourth-order valence-corrected chi connectivity index (χ4v) is 1.99. The molecule has 0 spiro atoms. The Morgan fingerprint density at radius 3 is 2.35 bits per heavy atom. The second kappa shape index (κ2) is 7.47. The number of nitrogens with one attached hydrogen (secondary N) is 2. The number of rotatable bonds is 5. The van der Waals surface area contributed by atoms with Gasteiger partial charge in [0.25, 0.3) is 11.8 Å². The van der Waals surface area contributed by atoms with Gasteiger partial charge in [-0.3, -0.25) is 9.59 Å². The maximum atomic E-state index is 12.2. The molecule has 0 unspecified atom stereocenters. The van der Waals surface area contributed by atoms with Crippen molar-refractivity contribution in [2.75, 3.05) is 11.9 Å². The van der Waals surface area contributed by atoms with Crippen LogP contribution < -0.4 is 10.6 Å². The third kappa shape index (κ3) is 4.59. The smallest absolute Gasteiger partial charge is 0.255 e. The Hall–Kier alpha value is -2.79. The third-order valence-electron chi connectivity index (χ3n) is 2.98. The van der Waals surface area contributed by atoms with Gasteiger partial charge >= 0.3 is 0 Å². The van der Waals surface area contributed by atoms with Crippen LogP contribution in [0.4, 0.5) is 5.69 Å². The predicted octanol–water partition coefficient (Wildman–Crippen LogP) is 3.39. The molecule has 2 rings (SSSR count). The SMILES string of the molecule is C=C(O)CNC(=O)c1ccccc1NC(=O)c1ccc(Cl)cc1. The zero-order valence-electron chi connectivity index (χ0n) is 12.2. The molecule has 23 heavy (non-hydrogen) atoms. The summed E-state index contributed by atoms with van der Waals surface area (Å²) in [5.41, 5.74) is 1.08. The maximum absolute atomic E-state index is 12.2. The summed E-state index contributed by atoms with van der Waals surface area (Å²) in [6.07, 6.45) is 0. The Bertz CT molecular complexity index is 742. The molecule has 0 aromatic heterocycles. The van der Waals surface area contributed by atoms with Gasteiger partial charge in [-0.05, 0) is 36.4 Å². The summed E-state index contributed by atoms with van der Waals surface area (Å²) in [6, 6.07) is 13.0. The minimum Gasteiger partial charge on any atom is -0.511 e. The van der Waals surface area contributed by atoms with Crippen molar-refractivity contribution in [2.24, 2.45) is 0 Å². The van der Waals surface area contributed by atoms with Crippen molar-refractivity contribution in [2.45, 2.75) is 0 Å².